The Hall–Kier alpha value is -9.20. The van der Waals surface area contributed by atoms with Crippen molar-refractivity contribution < 1.29 is 76.6 Å². The van der Waals surface area contributed by atoms with Gasteiger partial charge in [-0.15, -0.1) is 0 Å². The summed E-state index contributed by atoms with van der Waals surface area (Å²) in [6.45, 7) is 25.9. The first-order chi connectivity index (χ1) is 65.8. The fourth-order valence-electron chi connectivity index (χ4n) is 17.8. The fourth-order valence-corrected chi connectivity index (χ4v) is 20.1. The number of hydrogen-bond acceptors (Lipinski definition) is 13. The molecule has 0 spiro atoms. The molecular weight excluding hydrogens is 2000 g/mol. The number of methoxy groups -OCH3 is 1. The first-order valence-corrected chi connectivity index (χ1v) is 48.3. The minimum atomic E-state index is -4.46. The second kappa shape index (κ2) is 44.2. The average Bonchev–Trinajstić information content (AvgIpc) is 1.66. The van der Waals surface area contributed by atoms with Crippen molar-refractivity contribution in [1.82, 2.24) is 77.4 Å². The van der Waals surface area contributed by atoms with Gasteiger partial charge in [-0.2, -0.15) is 52.7 Å². The number of aryl methyl sites for hydroxylation is 8. The number of amides is 4. The lowest BCUT2D eigenvalue weighted by atomic mass is 10.0. The maximum atomic E-state index is 13.3. The standard InChI is InChI=1S/C26H29Cl2F3N4O.C25H27Cl2F3N4O2.C25H27Cl2F3N4O.C23H23Cl2F3N4O/c1-15(2)14-34-7-9-35(10-8-34)25(36)18-5-6-20(27)19(23(18)28)13-22-32-24-16(3)11-17(26(29,30)31)12-21(24)33(22)4;1-15-12-16(25(28,29)30)13-20-23(15)31-21(32(20)2)14-18-19(26)5-4-17(22(18)27)24(35)34-8-6-33(7-9-34)10-11-36-3;1-4-7-33-8-10-34(11-9-33)24(35)17-5-6-19(26)18(22(17)27)14-21-31-23-15(2)12-16(25(28,29)30)13-20(23)32(21)3;1-12-7-13(23(26,27)28)8-18-21(12)29-19(31(18)4)9-16-17(24)6-5-15(20(16)25)22(33)32-10-14(11-32)30(2)3/h5-6,11-12,15H,7-10,13-14H2,1-4H3;4-5,12-13H,6-11,14H2,1-3H3;5-6,12-13H,4,7-11,14H2,1-3H3;5-8,14H,9-11H2,1-4H3. The number of rotatable bonds is 20. The van der Waals surface area contributed by atoms with Gasteiger partial charge in [0.2, 0.25) is 0 Å². The average molecular weight is 2110 g/mol. The van der Waals surface area contributed by atoms with Crippen LogP contribution in [0.2, 0.25) is 40.2 Å². The van der Waals surface area contributed by atoms with Crippen LogP contribution in [-0.4, -0.2) is 246 Å². The maximum Gasteiger partial charge on any atom is 0.416 e. The molecular formula is C99H106Cl8F12N16O5. The highest BCUT2D eigenvalue weighted by atomic mass is 35.5. The van der Waals surface area contributed by atoms with E-state index < -0.39 is 47.0 Å². The van der Waals surface area contributed by atoms with E-state index >= 15 is 0 Å². The molecule has 41 heteroatoms. The third-order valence-electron chi connectivity index (χ3n) is 26.0. The Morgan fingerprint density at radius 1 is 0.379 bits per heavy atom. The second-order valence-corrected chi connectivity index (χ2v) is 39.5. The van der Waals surface area contributed by atoms with Gasteiger partial charge >= 0.3 is 24.7 Å². The van der Waals surface area contributed by atoms with E-state index in [1.165, 1.54) is 0 Å². The number of halogens is 20. The van der Waals surface area contributed by atoms with Crippen LogP contribution >= 0.6 is 92.8 Å². The van der Waals surface area contributed by atoms with Crippen molar-refractivity contribution in [2.45, 2.75) is 111 Å². The van der Waals surface area contributed by atoms with Crippen LogP contribution in [0.25, 0.3) is 44.1 Å². The van der Waals surface area contributed by atoms with Gasteiger partial charge in [0.05, 0.1) is 115 Å². The van der Waals surface area contributed by atoms with Gasteiger partial charge in [-0.05, 0) is 202 Å². The molecule has 140 heavy (non-hydrogen) atoms. The van der Waals surface area contributed by atoms with Gasteiger partial charge in [0.25, 0.3) is 23.6 Å². The number of imidazole rings is 4. The third-order valence-corrected chi connectivity index (χ3v) is 29.2. The molecule has 0 N–H and O–H groups in total. The van der Waals surface area contributed by atoms with E-state index in [1.54, 1.807) is 149 Å². The molecule has 0 radical (unpaired) electrons. The molecule has 0 saturated carbocycles. The molecule has 12 aromatic rings. The van der Waals surface area contributed by atoms with Crippen molar-refractivity contribution in [1.29, 1.82) is 0 Å². The fraction of sp³-hybridized carbons (Fsp3) is 0.434. The summed E-state index contributed by atoms with van der Waals surface area (Å²) in [6, 6.07) is 22.1. The molecule has 0 unspecified atom stereocenters. The summed E-state index contributed by atoms with van der Waals surface area (Å²) in [6.07, 6.45) is -16.1. The van der Waals surface area contributed by atoms with Crippen LogP contribution in [0.5, 0.6) is 0 Å². The van der Waals surface area contributed by atoms with Gasteiger partial charge in [0.15, 0.2) is 0 Å². The van der Waals surface area contributed by atoms with Crippen LogP contribution in [0.3, 0.4) is 0 Å². The normalized spacial score (nSPS) is 15.2. The predicted octanol–water partition coefficient (Wildman–Crippen LogP) is 22.6. The molecule has 0 aliphatic carbocycles. The smallest absolute Gasteiger partial charge is 0.383 e. The second-order valence-electron chi connectivity index (χ2n) is 36.3. The van der Waals surface area contributed by atoms with Gasteiger partial charge in [0, 0.05) is 192 Å². The molecule has 21 nitrogen and oxygen atoms in total. The van der Waals surface area contributed by atoms with Crippen molar-refractivity contribution in [2.24, 2.45) is 34.1 Å². The number of piperazine rings is 3. The van der Waals surface area contributed by atoms with Crippen LogP contribution in [0.4, 0.5) is 52.7 Å². The zero-order valence-corrected chi connectivity index (χ0v) is 85.5. The summed E-state index contributed by atoms with van der Waals surface area (Å²) in [5, 5.41) is 2.44. The number of carbonyl (C=O) groups is 4. The van der Waals surface area contributed by atoms with Crippen LogP contribution in [-0.2, 0) is 83.3 Å². The summed E-state index contributed by atoms with van der Waals surface area (Å²) in [5.74, 6) is 1.90. The third kappa shape index (κ3) is 24.0. The molecule has 0 bridgehead atoms. The molecule has 4 aliphatic heterocycles. The van der Waals surface area contributed by atoms with Crippen molar-refractivity contribution >= 4 is 161 Å². The highest BCUT2D eigenvalue weighted by molar-refractivity contribution is 6.40. The number of ether oxygens (including phenoxy) is 1. The van der Waals surface area contributed by atoms with Crippen LogP contribution < -0.4 is 0 Å². The van der Waals surface area contributed by atoms with Gasteiger partial charge in [0.1, 0.15) is 23.3 Å². The molecule has 16 rings (SSSR count). The van der Waals surface area contributed by atoms with E-state index in [2.05, 4.69) is 60.3 Å². The Kier molecular flexibility index (Phi) is 34.1. The van der Waals surface area contributed by atoms with E-state index in [-0.39, 0.29) is 69.4 Å². The number of nitrogens with zero attached hydrogens (tertiary/aromatic N) is 16. The van der Waals surface area contributed by atoms with Gasteiger partial charge in [-0.25, -0.2) is 19.9 Å². The Bertz CT molecular complexity index is 6660. The SMILES string of the molecule is CCCN1CCN(C(=O)c2ccc(Cl)c(Cc3nc4c(C)cc(C(F)(F)F)cc4n3C)c2Cl)CC1.COCCN1CCN(C(=O)c2ccc(Cl)c(Cc3nc4c(C)cc(C(F)(F)F)cc4n3C)c2Cl)CC1.Cc1cc(C(F)(F)F)cc2c1nc(Cc1c(Cl)ccc(C(=O)N3CC(N(C)C)C3)c1Cl)n2C.Cc1cc(C(F)(F)F)cc2c1nc(Cc1c(Cl)ccc(C(=O)N3CCN(CC(C)C)CC3)c1Cl)n2C. The summed E-state index contributed by atoms with van der Waals surface area (Å²) >= 11 is 52.5. The van der Waals surface area contributed by atoms with E-state index in [1.807, 2.05) is 14.1 Å². The number of likely N-dealkylation sites (N-methyl/N-ethyl adjacent to an activating group) is 1. The predicted molar refractivity (Wildman–Crippen MR) is 526 cm³/mol. The minimum absolute atomic E-state index is 0.153. The quantitative estimate of drug-likeness (QED) is 0.0660. The Morgan fingerprint density at radius 3 is 0.850 bits per heavy atom. The number of alkyl halides is 12. The Labute approximate surface area is 843 Å². The number of carbonyl (C=O) groups excluding carboxylic acids is 4. The van der Waals surface area contributed by atoms with Crippen molar-refractivity contribution in [3.8, 4) is 0 Å². The lowest BCUT2D eigenvalue weighted by Gasteiger charge is -2.42. The van der Waals surface area contributed by atoms with E-state index in [4.69, 9.17) is 97.5 Å². The zero-order chi connectivity index (χ0) is 102. The van der Waals surface area contributed by atoms with Crippen LogP contribution in [0.1, 0.15) is 159 Å². The molecule has 8 heterocycles. The summed E-state index contributed by atoms with van der Waals surface area (Å²) < 4.78 is 171. The summed E-state index contributed by atoms with van der Waals surface area (Å²) in [5.41, 5.74) is 5.71. The lowest BCUT2D eigenvalue weighted by molar-refractivity contribution is -0.138. The van der Waals surface area contributed by atoms with E-state index in [0.29, 0.717) is 225 Å². The Morgan fingerprint density at radius 2 is 0.621 bits per heavy atom. The maximum absolute atomic E-state index is 13.3. The first-order valence-electron chi connectivity index (χ1n) is 45.3. The largest absolute Gasteiger partial charge is 0.416 e. The van der Waals surface area contributed by atoms with E-state index in [9.17, 15) is 71.9 Å². The van der Waals surface area contributed by atoms with Crippen LogP contribution in [0.15, 0.2) is 97.1 Å². The highest BCUT2D eigenvalue weighted by Gasteiger charge is 2.40. The highest BCUT2D eigenvalue weighted by Crippen LogP contribution is 2.43. The Balaban J connectivity index is 0.000000157. The summed E-state index contributed by atoms with van der Waals surface area (Å²) in [4.78, 5) is 87.1. The lowest BCUT2D eigenvalue weighted by Crippen LogP contribution is -2.59. The number of aromatic nitrogens is 8. The number of benzene rings is 8. The van der Waals surface area contributed by atoms with Crippen molar-refractivity contribution in [3.63, 3.8) is 0 Å². The molecule has 4 saturated heterocycles. The zero-order valence-electron chi connectivity index (χ0n) is 79.4. The number of hydrogen-bond donors (Lipinski definition) is 0. The first kappa shape index (κ1) is 108. The summed E-state index contributed by atoms with van der Waals surface area (Å²) in [7, 11) is 12.2. The van der Waals surface area contributed by atoms with E-state index in [0.717, 1.165) is 114 Å². The topological polar surface area (TPSA) is 175 Å². The molecule has 4 fully saturated rings. The van der Waals surface area contributed by atoms with Gasteiger partial charge in [-0.3, -0.25) is 33.9 Å². The molecule has 8 aromatic carbocycles. The molecule has 4 amide bonds. The molecule has 0 atom stereocenters. The van der Waals surface area contributed by atoms with Gasteiger partial charge < -0.3 is 47.5 Å². The minimum Gasteiger partial charge on any atom is -0.383 e. The molecule has 752 valence electrons. The molecule has 4 aliphatic rings. The number of likely N-dealkylation sites (tertiary alicyclic amines) is 1. The van der Waals surface area contributed by atoms with Crippen LogP contribution in [0, 0.1) is 33.6 Å². The monoisotopic (exact) mass is 2110 g/mol. The van der Waals surface area contributed by atoms with Gasteiger partial charge in [-0.1, -0.05) is 114 Å². The van der Waals surface area contributed by atoms with Crippen molar-refractivity contribution in [2.75, 3.05) is 139 Å². The molecule has 4 aromatic heterocycles. The van der Waals surface area contributed by atoms with Crippen molar-refractivity contribution in [3.05, 3.63) is 250 Å². The number of fused-ring (bicyclic) bond motifs is 4.